The molecule has 2 N–H and O–H groups in total. The lowest BCUT2D eigenvalue weighted by Gasteiger charge is -2.10. The summed E-state index contributed by atoms with van der Waals surface area (Å²) < 4.78 is 6.47. The zero-order valence-corrected chi connectivity index (χ0v) is 10.2. The normalized spacial score (nSPS) is 12.5. The van der Waals surface area contributed by atoms with Gasteiger partial charge in [-0.05, 0) is 30.7 Å². The third-order valence-electron chi connectivity index (χ3n) is 2.06. The molecule has 15 heavy (non-hydrogen) atoms. The lowest BCUT2D eigenvalue weighted by atomic mass is 10.2. The SMILES string of the molecule is Cc1cc(OCCC(O)CO)ccc1Br. The second-order valence-electron chi connectivity index (χ2n) is 3.38. The van der Waals surface area contributed by atoms with Crippen LogP contribution in [-0.4, -0.2) is 29.5 Å². The van der Waals surface area contributed by atoms with Crippen LogP contribution in [-0.2, 0) is 0 Å². The Hall–Kier alpha value is -0.580. The highest BCUT2D eigenvalue weighted by Gasteiger charge is 2.02. The first-order chi connectivity index (χ1) is 7.13. The van der Waals surface area contributed by atoms with Crippen molar-refractivity contribution in [3.63, 3.8) is 0 Å². The number of halogens is 1. The predicted molar refractivity (Wildman–Crippen MR) is 62.1 cm³/mol. The number of hydrogen-bond acceptors (Lipinski definition) is 3. The van der Waals surface area contributed by atoms with Crippen LogP contribution in [0.15, 0.2) is 22.7 Å². The Labute approximate surface area is 97.8 Å². The van der Waals surface area contributed by atoms with Crippen LogP contribution in [0, 0.1) is 6.92 Å². The van der Waals surface area contributed by atoms with Crippen molar-refractivity contribution in [1.82, 2.24) is 0 Å². The van der Waals surface area contributed by atoms with E-state index in [2.05, 4.69) is 15.9 Å². The molecule has 1 rings (SSSR count). The molecular weight excluding hydrogens is 260 g/mol. The van der Waals surface area contributed by atoms with Crippen LogP contribution >= 0.6 is 15.9 Å². The van der Waals surface area contributed by atoms with Crippen molar-refractivity contribution >= 4 is 15.9 Å². The minimum absolute atomic E-state index is 0.220. The highest BCUT2D eigenvalue weighted by atomic mass is 79.9. The molecule has 0 aliphatic heterocycles. The van der Waals surface area contributed by atoms with E-state index in [1.54, 1.807) is 0 Å². The number of hydrogen-bond donors (Lipinski definition) is 2. The van der Waals surface area contributed by atoms with Crippen LogP contribution < -0.4 is 4.74 Å². The lowest BCUT2D eigenvalue weighted by molar-refractivity contribution is 0.0754. The van der Waals surface area contributed by atoms with Crippen LogP contribution in [0.4, 0.5) is 0 Å². The van der Waals surface area contributed by atoms with E-state index >= 15 is 0 Å². The maximum absolute atomic E-state index is 9.10. The van der Waals surface area contributed by atoms with Crippen molar-refractivity contribution < 1.29 is 14.9 Å². The van der Waals surface area contributed by atoms with Crippen molar-refractivity contribution in [3.8, 4) is 5.75 Å². The summed E-state index contributed by atoms with van der Waals surface area (Å²) in [6.45, 7) is 2.17. The minimum atomic E-state index is -0.693. The van der Waals surface area contributed by atoms with Crippen molar-refractivity contribution in [3.05, 3.63) is 28.2 Å². The molecule has 1 aromatic rings. The summed E-state index contributed by atoms with van der Waals surface area (Å²) in [5, 5.41) is 17.7. The first kappa shape index (κ1) is 12.5. The number of aliphatic hydroxyl groups excluding tert-OH is 2. The summed E-state index contributed by atoms with van der Waals surface area (Å²) >= 11 is 3.40. The van der Waals surface area contributed by atoms with Gasteiger partial charge in [0.1, 0.15) is 5.75 Å². The molecule has 0 bridgehead atoms. The second-order valence-corrected chi connectivity index (χ2v) is 4.24. The smallest absolute Gasteiger partial charge is 0.119 e. The molecule has 1 aromatic carbocycles. The van der Waals surface area contributed by atoms with Crippen molar-refractivity contribution in [2.24, 2.45) is 0 Å². The van der Waals surface area contributed by atoms with Crippen LogP contribution in [0.3, 0.4) is 0 Å². The van der Waals surface area contributed by atoms with Gasteiger partial charge >= 0.3 is 0 Å². The van der Waals surface area contributed by atoms with E-state index < -0.39 is 6.10 Å². The molecule has 84 valence electrons. The van der Waals surface area contributed by atoms with E-state index in [-0.39, 0.29) is 6.61 Å². The lowest BCUT2D eigenvalue weighted by Crippen LogP contribution is -2.15. The van der Waals surface area contributed by atoms with Crippen molar-refractivity contribution in [2.45, 2.75) is 19.4 Å². The fourth-order valence-electron chi connectivity index (χ4n) is 1.11. The number of benzene rings is 1. The summed E-state index contributed by atoms with van der Waals surface area (Å²) in [7, 11) is 0. The van der Waals surface area contributed by atoms with Crippen LogP contribution in [0.1, 0.15) is 12.0 Å². The van der Waals surface area contributed by atoms with Crippen LogP contribution in [0.5, 0.6) is 5.75 Å². The zero-order valence-electron chi connectivity index (χ0n) is 8.61. The van der Waals surface area contributed by atoms with E-state index in [4.69, 9.17) is 14.9 Å². The van der Waals surface area contributed by atoms with Gasteiger partial charge in [-0.3, -0.25) is 0 Å². The number of rotatable bonds is 5. The maximum atomic E-state index is 9.10. The molecule has 1 atom stereocenters. The van der Waals surface area contributed by atoms with Crippen LogP contribution in [0.25, 0.3) is 0 Å². The zero-order chi connectivity index (χ0) is 11.3. The molecule has 1 unspecified atom stereocenters. The summed E-state index contributed by atoms with van der Waals surface area (Å²) in [6.07, 6.45) is -0.257. The van der Waals surface area contributed by atoms with E-state index in [0.717, 1.165) is 15.8 Å². The molecule has 4 heteroatoms. The molecular formula is C11H15BrO3. The van der Waals surface area contributed by atoms with Gasteiger partial charge in [0.15, 0.2) is 0 Å². The van der Waals surface area contributed by atoms with E-state index in [9.17, 15) is 0 Å². The first-order valence-corrected chi connectivity index (χ1v) is 5.60. The fraction of sp³-hybridized carbons (Fsp3) is 0.455. The van der Waals surface area contributed by atoms with E-state index in [1.165, 1.54) is 0 Å². The maximum Gasteiger partial charge on any atom is 0.119 e. The molecule has 0 aromatic heterocycles. The molecule has 0 fully saturated rings. The Morgan fingerprint density at radius 1 is 1.47 bits per heavy atom. The van der Waals surface area contributed by atoms with Crippen molar-refractivity contribution in [2.75, 3.05) is 13.2 Å². The third kappa shape index (κ3) is 4.20. The Morgan fingerprint density at radius 2 is 2.20 bits per heavy atom. The fourth-order valence-corrected chi connectivity index (χ4v) is 1.36. The van der Waals surface area contributed by atoms with Gasteiger partial charge < -0.3 is 14.9 Å². The Morgan fingerprint density at radius 3 is 2.80 bits per heavy atom. The molecule has 0 saturated heterocycles. The molecule has 0 aliphatic rings. The summed E-state index contributed by atoms with van der Waals surface area (Å²) in [6, 6.07) is 5.71. The number of aliphatic hydroxyl groups is 2. The summed E-state index contributed by atoms with van der Waals surface area (Å²) in [5.74, 6) is 0.779. The first-order valence-electron chi connectivity index (χ1n) is 4.81. The monoisotopic (exact) mass is 274 g/mol. The molecule has 0 heterocycles. The third-order valence-corrected chi connectivity index (χ3v) is 2.95. The van der Waals surface area contributed by atoms with Gasteiger partial charge in [0.05, 0.1) is 19.3 Å². The number of aryl methyl sites for hydroxylation is 1. The molecule has 0 aliphatic carbocycles. The Bertz CT molecular complexity index is 315. The van der Waals surface area contributed by atoms with E-state index in [0.29, 0.717) is 13.0 Å². The van der Waals surface area contributed by atoms with Gasteiger partial charge in [-0.25, -0.2) is 0 Å². The Balaban J connectivity index is 2.41. The molecule has 0 amide bonds. The van der Waals surface area contributed by atoms with Gasteiger partial charge in [0.2, 0.25) is 0 Å². The highest BCUT2D eigenvalue weighted by Crippen LogP contribution is 2.21. The van der Waals surface area contributed by atoms with Gasteiger partial charge in [0, 0.05) is 10.9 Å². The highest BCUT2D eigenvalue weighted by molar-refractivity contribution is 9.10. The number of ether oxygens (including phenoxy) is 1. The van der Waals surface area contributed by atoms with Gasteiger partial charge in [-0.15, -0.1) is 0 Å². The Kier molecular flexibility index (Phi) is 5.08. The topological polar surface area (TPSA) is 49.7 Å². The molecule has 0 spiro atoms. The van der Waals surface area contributed by atoms with Gasteiger partial charge in [-0.1, -0.05) is 15.9 Å². The van der Waals surface area contributed by atoms with E-state index in [1.807, 2.05) is 25.1 Å². The van der Waals surface area contributed by atoms with Gasteiger partial charge in [0.25, 0.3) is 0 Å². The van der Waals surface area contributed by atoms with Gasteiger partial charge in [-0.2, -0.15) is 0 Å². The predicted octanol–water partition coefficient (Wildman–Crippen LogP) is 1.88. The quantitative estimate of drug-likeness (QED) is 0.862. The molecule has 0 saturated carbocycles. The standard InChI is InChI=1S/C11H15BrO3/c1-8-6-10(2-3-11(8)12)15-5-4-9(14)7-13/h2-3,6,9,13-14H,4-5,7H2,1H3. The summed E-state index contributed by atoms with van der Waals surface area (Å²) in [4.78, 5) is 0. The largest absolute Gasteiger partial charge is 0.493 e. The van der Waals surface area contributed by atoms with Crippen molar-refractivity contribution in [1.29, 1.82) is 0 Å². The molecule has 3 nitrogen and oxygen atoms in total. The summed E-state index contributed by atoms with van der Waals surface area (Å²) in [5.41, 5.74) is 1.11. The molecule has 0 radical (unpaired) electrons. The average Bonchev–Trinajstić information content (AvgIpc) is 2.23. The minimum Gasteiger partial charge on any atom is -0.493 e. The second kappa shape index (κ2) is 6.10. The van der Waals surface area contributed by atoms with Crippen LogP contribution in [0.2, 0.25) is 0 Å². The average molecular weight is 275 g/mol.